The second-order valence-electron chi connectivity index (χ2n) is 7.77. The number of amides is 1. The van der Waals surface area contributed by atoms with E-state index in [1.807, 2.05) is 49.6 Å². The number of piperidine rings is 1. The van der Waals surface area contributed by atoms with E-state index in [1.165, 1.54) is 12.1 Å². The maximum Gasteiger partial charge on any atom is 0.227 e. The Labute approximate surface area is 176 Å². The minimum atomic E-state index is -0.272. The summed E-state index contributed by atoms with van der Waals surface area (Å²) in [6.45, 7) is 4.43. The normalized spacial score (nSPS) is 15.1. The fourth-order valence-electron chi connectivity index (χ4n) is 3.80. The summed E-state index contributed by atoms with van der Waals surface area (Å²) in [5.74, 6) is 0.541. The van der Waals surface area contributed by atoms with Gasteiger partial charge in [-0.1, -0.05) is 24.3 Å². The van der Waals surface area contributed by atoms with Crippen LogP contribution in [0.1, 0.15) is 24.2 Å². The van der Waals surface area contributed by atoms with Gasteiger partial charge in [0.25, 0.3) is 0 Å². The molecule has 154 valence electrons. The van der Waals surface area contributed by atoms with Gasteiger partial charge in [-0.2, -0.15) is 0 Å². The van der Waals surface area contributed by atoms with E-state index in [-0.39, 0.29) is 17.6 Å². The third-order valence-corrected chi connectivity index (χ3v) is 5.49. The van der Waals surface area contributed by atoms with Gasteiger partial charge in [-0.05, 0) is 68.2 Å². The van der Waals surface area contributed by atoms with Gasteiger partial charge < -0.3 is 5.32 Å². The van der Waals surface area contributed by atoms with Gasteiger partial charge in [0.05, 0.1) is 0 Å². The Morgan fingerprint density at radius 2 is 1.73 bits per heavy atom. The molecule has 2 heterocycles. The van der Waals surface area contributed by atoms with E-state index in [0.717, 1.165) is 60.7 Å². The second kappa shape index (κ2) is 9.13. The highest BCUT2D eigenvalue weighted by Crippen LogP contribution is 2.25. The lowest BCUT2D eigenvalue weighted by Gasteiger charge is -2.31. The molecule has 1 aliphatic heterocycles. The molecule has 4 rings (SSSR count). The minimum absolute atomic E-state index is 0.00616. The topological polar surface area (TPSA) is 58.1 Å². The monoisotopic (exact) mass is 404 g/mol. The first-order valence-electron chi connectivity index (χ1n) is 10.2. The van der Waals surface area contributed by atoms with Crippen LogP contribution in [0.15, 0.2) is 60.9 Å². The molecule has 1 aliphatic rings. The Hall–Kier alpha value is -3.12. The van der Waals surface area contributed by atoms with Crippen molar-refractivity contribution in [3.8, 4) is 11.1 Å². The lowest BCUT2D eigenvalue weighted by Crippen LogP contribution is -2.37. The molecule has 0 radical (unpaired) electrons. The highest BCUT2D eigenvalue weighted by atomic mass is 19.1. The average molecular weight is 404 g/mol. The molecule has 0 bridgehead atoms. The van der Waals surface area contributed by atoms with Crippen LogP contribution in [0.2, 0.25) is 0 Å². The van der Waals surface area contributed by atoms with Crippen molar-refractivity contribution < 1.29 is 9.18 Å². The standard InChI is InChI=1S/C24H25FN4O/c1-17-26-14-18(15-27-17)16-29-10-8-19(9-11-29)24(30)28-23-7-3-5-21(13-23)20-4-2-6-22(25)12-20/h2-7,12-15,19H,8-11,16H2,1H3,(H,28,30). The van der Waals surface area contributed by atoms with Gasteiger partial charge in [0.2, 0.25) is 5.91 Å². The van der Waals surface area contributed by atoms with Crippen molar-refractivity contribution in [3.05, 3.63) is 78.1 Å². The predicted octanol–water partition coefficient (Wildman–Crippen LogP) is 4.44. The van der Waals surface area contributed by atoms with Crippen LogP contribution in [0.4, 0.5) is 10.1 Å². The maximum atomic E-state index is 13.5. The van der Waals surface area contributed by atoms with E-state index >= 15 is 0 Å². The Bertz CT molecular complexity index is 1010. The summed E-state index contributed by atoms with van der Waals surface area (Å²) in [5, 5.41) is 3.04. The molecular formula is C24H25FN4O. The SMILES string of the molecule is Cc1ncc(CN2CCC(C(=O)Nc3cccc(-c4cccc(F)c4)c3)CC2)cn1. The van der Waals surface area contributed by atoms with Crippen molar-refractivity contribution in [2.75, 3.05) is 18.4 Å². The van der Waals surface area contributed by atoms with Crippen LogP contribution in [-0.2, 0) is 11.3 Å². The second-order valence-corrected chi connectivity index (χ2v) is 7.77. The Morgan fingerprint density at radius 1 is 1.07 bits per heavy atom. The van der Waals surface area contributed by atoms with E-state index in [0.29, 0.717) is 0 Å². The quantitative estimate of drug-likeness (QED) is 0.683. The van der Waals surface area contributed by atoms with E-state index in [4.69, 9.17) is 0 Å². The number of nitrogens with one attached hydrogen (secondary N) is 1. The van der Waals surface area contributed by atoms with E-state index in [9.17, 15) is 9.18 Å². The Balaban J connectivity index is 1.33. The Kier molecular flexibility index (Phi) is 6.14. The molecule has 30 heavy (non-hydrogen) atoms. The summed E-state index contributed by atoms with van der Waals surface area (Å²) < 4.78 is 13.5. The zero-order valence-electron chi connectivity index (χ0n) is 17.0. The number of likely N-dealkylation sites (tertiary alicyclic amines) is 1. The van der Waals surface area contributed by atoms with Crippen molar-refractivity contribution >= 4 is 11.6 Å². The van der Waals surface area contributed by atoms with Crippen molar-refractivity contribution in [1.29, 1.82) is 0 Å². The lowest BCUT2D eigenvalue weighted by molar-refractivity contribution is -0.121. The Morgan fingerprint density at radius 3 is 2.43 bits per heavy atom. The number of rotatable bonds is 5. The van der Waals surface area contributed by atoms with E-state index < -0.39 is 0 Å². The fraction of sp³-hybridized carbons (Fsp3) is 0.292. The first-order valence-corrected chi connectivity index (χ1v) is 10.2. The van der Waals surface area contributed by atoms with Crippen LogP contribution in [0.3, 0.4) is 0 Å². The van der Waals surface area contributed by atoms with Gasteiger partial charge in [-0.3, -0.25) is 9.69 Å². The van der Waals surface area contributed by atoms with Crippen molar-refractivity contribution in [2.24, 2.45) is 5.92 Å². The number of aryl methyl sites for hydroxylation is 1. The van der Waals surface area contributed by atoms with E-state index in [2.05, 4.69) is 20.2 Å². The smallest absolute Gasteiger partial charge is 0.227 e. The van der Waals surface area contributed by atoms with Gasteiger partial charge in [0, 0.05) is 36.1 Å². The van der Waals surface area contributed by atoms with Crippen LogP contribution >= 0.6 is 0 Å². The molecule has 1 aromatic heterocycles. The first-order chi connectivity index (χ1) is 14.6. The van der Waals surface area contributed by atoms with Crippen LogP contribution < -0.4 is 5.32 Å². The molecule has 1 saturated heterocycles. The number of carbonyl (C=O) groups excluding carboxylic acids is 1. The summed E-state index contributed by atoms with van der Waals surface area (Å²) in [5.41, 5.74) is 3.50. The molecule has 3 aromatic rings. The number of hydrogen-bond acceptors (Lipinski definition) is 4. The molecule has 0 saturated carbocycles. The van der Waals surface area contributed by atoms with Crippen LogP contribution in [0.25, 0.3) is 11.1 Å². The number of nitrogens with zero attached hydrogens (tertiary/aromatic N) is 3. The molecule has 6 heteroatoms. The number of aromatic nitrogens is 2. The van der Waals surface area contributed by atoms with Crippen molar-refractivity contribution in [2.45, 2.75) is 26.3 Å². The van der Waals surface area contributed by atoms with Gasteiger partial charge >= 0.3 is 0 Å². The van der Waals surface area contributed by atoms with Crippen molar-refractivity contribution in [3.63, 3.8) is 0 Å². The zero-order valence-corrected chi connectivity index (χ0v) is 17.0. The summed E-state index contributed by atoms with van der Waals surface area (Å²) in [7, 11) is 0. The van der Waals surface area contributed by atoms with Gasteiger partial charge in [0.15, 0.2) is 0 Å². The third-order valence-electron chi connectivity index (χ3n) is 5.49. The largest absolute Gasteiger partial charge is 0.326 e. The molecule has 0 unspecified atom stereocenters. The number of halogens is 1. The molecule has 0 atom stereocenters. The van der Waals surface area contributed by atoms with Crippen LogP contribution in [0, 0.1) is 18.7 Å². The molecular weight excluding hydrogens is 379 g/mol. The molecule has 1 fully saturated rings. The van der Waals surface area contributed by atoms with Crippen LogP contribution in [-0.4, -0.2) is 33.9 Å². The number of carbonyl (C=O) groups is 1. The summed E-state index contributed by atoms with van der Waals surface area (Å²) in [6, 6.07) is 14.0. The van der Waals surface area contributed by atoms with E-state index in [1.54, 1.807) is 6.07 Å². The summed E-state index contributed by atoms with van der Waals surface area (Å²) in [6.07, 6.45) is 5.38. The summed E-state index contributed by atoms with van der Waals surface area (Å²) >= 11 is 0. The minimum Gasteiger partial charge on any atom is -0.326 e. The average Bonchev–Trinajstić information content (AvgIpc) is 2.76. The fourth-order valence-corrected chi connectivity index (χ4v) is 3.80. The van der Waals surface area contributed by atoms with Crippen molar-refractivity contribution in [1.82, 2.24) is 14.9 Å². The van der Waals surface area contributed by atoms with Gasteiger partial charge in [-0.15, -0.1) is 0 Å². The molecule has 1 N–H and O–H groups in total. The zero-order chi connectivity index (χ0) is 20.9. The van der Waals surface area contributed by atoms with Gasteiger partial charge in [-0.25, -0.2) is 14.4 Å². The highest BCUT2D eigenvalue weighted by Gasteiger charge is 2.25. The van der Waals surface area contributed by atoms with Gasteiger partial charge in [0.1, 0.15) is 11.6 Å². The number of anilines is 1. The maximum absolute atomic E-state index is 13.5. The molecule has 0 spiro atoms. The van der Waals surface area contributed by atoms with Crippen LogP contribution in [0.5, 0.6) is 0 Å². The predicted molar refractivity (Wildman–Crippen MR) is 115 cm³/mol. The first kappa shape index (κ1) is 20.2. The molecule has 0 aliphatic carbocycles. The molecule has 1 amide bonds. The summed E-state index contributed by atoms with van der Waals surface area (Å²) in [4.78, 5) is 23.6. The third kappa shape index (κ3) is 5.07. The number of hydrogen-bond donors (Lipinski definition) is 1. The molecule has 5 nitrogen and oxygen atoms in total. The number of benzene rings is 2. The highest BCUT2D eigenvalue weighted by molar-refractivity contribution is 5.93. The lowest BCUT2D eigenvalue weighted by atomic mass is 9.95. The molecule has 2 aromatic carbocycles.